The average Bonchev–Trinajstić information content (AvgIpc) is 2.84. The van der Waals surface area contributed by atoms with E-state index in [0.717, 1.165) is 32.4 Å². The van der Waals surface area contributed by atoms with Crippen LogP contribution in [0, 0.1) is 0 Å². The van der Waals surface area contributed by atoms with Crippen LogP contribution in [-0.4, -0.2) is 42.8 Å². The van der Waals surface area contributed by atoms with Crippen LogP contribution in [0.2, 0.25) is 0 Å². The van der Waals surface area contributed by atoms with Gasteiger partial charge in [0.1, 0.15) is 0 Å². The molecule has 2 unspecified atom stereocenters. The summed E-state index contributed by atoms with van der Waals surface area (Å²) in [5.41, 5.74) is 0. The zero-order valence-electron chi connectivity index (χ0n) is 9.37. The van der Waals surface area contributed by atoms with Gasteiger partial charge in [-0.2, -0.15) is 0 Å². The predicted octanol–water partition coefficient (Wildman–Crippen LogP) is 0.723. The van der Waals surface area contributed by atoms with Crippen molar-refractivity contribution in [2.75, 3.05) is 19.7 Å². The molecule has 15 heavy (non-hydrogen) atoms. The summed E-state index contributed by atoms with van der Waals surface area (Å²) in [6.45, 7) is 4.35. The summed E-state index contributed by atoms with van der Waals surface area (Å²) in [6.07, 6.45) is 4.94. The Hall–Kier alpha value is -0.610. The third-order valence-electron chi connectivity index (χ3n) is 3.29. The van der Waals surface area contributed by atoms with Crippen molar-refractivity contribution in [3.63, 3.8) is 0 Å². The maximum Gasteiger partial charge on any atom is 0.237 e. The van der Waals surface area contributed by atoms with Crippen LogP contribution in [0.25, 0.3) is 0 Å². The third-order valence-corrected chi connectivity index (χ3v) is 3.29. The number of nitrogens with zero attached hydrogens (tertiary/aromatic N) is 1. The first-order valence-electron chi connectivity index (χ1n) is 5.95. The zero-order valence-corrected chi connectivity index (χ0v) is 9.37. The van der Waals surface area contributed by atoms with Crippen LogP contribution in [0.3, 0.4) is 0 Å². The molecular weight excluding hydrogens is 192 g/mol. The van der Waals surface area contributed by atoms with Crippen LogP contribution in [-0.2, 0) is 9.53 Å². The van der Waals surface area contributed by atoms with Gasteiger partial charge in [-0.1, -0.05) is 6.92 Å². The quantitative estimate of drug-likeness (QED) is 0.746. The van der Waals surface area contributed by atoms with Crippen molar-refractivity contribution >= 4 is 5.91 Å². The van der Waals surface area contributed by atoms with E-state index in [9.17, 15) is 4.79 Å². The van der Waals surface area contributed by atoms with Crippen molar-refractivity contribution in [1.29, 1.82) is 0 Å². The molecule has 86 valence electrons. The van der Waals surface area contributed by atoms with Gasteiger partial charge in [-0.25, -0.2) is 0 Å². The number of hydrogen-bond acceptors (Lipinski definition) is 3. The first kappa shape index (κ1) is 10.9. The molecule has 2 rings (SSSR count). The summed E-state index contributed by atoms with van der Waals surface area (Å²) in [6, 6.07) is 0. The van der Waals surface area contributed by atoms with E-state index in [1.54, 1.807) is 0 Å². The number of hydrogen-bond donors (Lipinski definition) is 1. The summed E-state index contributed by atoms with van der Waals surface area (Å²) in [4.78, 5) is 13.5. The van der Waals surface area contributed by atoms with Gasteiger partial charge < -0.3 is 9.64 Å². The molecule has 0 aromatic heterocycles. The molecule has 0 bridgehead atoms. The molecule has 1 N–H and O–H groups in total. The molecule has 0 radical (unpaired) electrons. The van der Waals surface area contributed by atoms with Gasteiger partial charge in [0.15, 0.2) is 0 Å². The lowest BCUT2D eigenvalue weighted by molar-refractivity contribution is -0.128. The third kappa shape index (κ3) is 2.49. The molecule has 0 aromatic carbocycles. The standard InChI is InChI=1S/C11H20N2O2/c1-2-10-12-8-11(14)13(10)6-5-9-4-3-7-15-9/h9-10,12H,2-8H2,1H3. The van der Waals surface area contributed by atoms with Gasteiger partial charge in [0.05, 0.1) is 18.8 Å². The highest BCUT2D eigenvalue weighted by Crippen LogP contribution is 2.17. The lowest BCUT2D eigenvalue weighted by atomic mass is 10.1. The molecule has 2 heterocycles. The van der Waals surface area contributed by atoms with Gasteiger partial charge in [-0.3, -0.25) is 10.1 Å². The van der Waals surface area contributed by atoms with E-state index in [1.807, 2.05) is 4.90 Å². The van der Waals surface area contributed by atoms with Crippen molar-refractivity contribution in [2.45, 2.75) is 44.9 Å². The van der Waals surface area contributed by atoms with Gasteiger partial charge in [0, 0.05) is 13.2 Å². The Bertz CT molecular complexity index is 227. The van der Waals surface area contributed by atoms with Gasteiger partial charge in [-0.15, -0.1) is 0 Å². The van der Waals surface area contributed by atoms with Gasteiger partial charge in [0.2, 0.25) is 5.91 Å². The summed E-state index contributed by atoms with van der Waals surface area (Å²) >= 11 is 0. The Morgan fingerprint density at radius 2 is 2.47 bits per heavy atom. The number of carbonyl (C=O) groups excluding carboxylic acids is 1. The first-order valence-corrected chi connectivity index (χ1v) is 5.95. The molecule has 0 spiro atoms. The average molecular weight is 212 g/mol. The minimum absolute atomic E-state index is 0.236. The summed E-state index contributed by atoms with van der Waals surface area (Å²) < 4.78 is 5.56. The number of rotatable bonds is 4. The maximum absolute atomic E-state index is 11.6. The van der Waals surface area contributed by atoms with E-state index < -0.39 is 0 Å². The second kappa shape index (κ2) is 4.94. The molecule has 2 fully saturated rings. The summed E-state index contributed by atoms with van der Waals surface area (Å²) in [5, 5.41) is 3.22. The highest BCUT2D eigenvalue weighted by atomic mass is 16.5. The smallest absolute Gasteiger partial charge is 0.237 e. The fourth-order valence-corrected chi connectivity index (χ4v) is 2.39. The molecule has 2 saturated heterocycles. The number of ether oxygens (including phenoxy) is 1. The highest BCUT2D eigenvalue weighted by molar-refractivity contribution is 5.80. The Morgan fingerprint density at radius 3 is 3.13 bits per heavy atom. The Balaban J connectivity index is 1.78. The second-order valence-corrected chi connectivity index (χ2v) is 4.32. The summed E-state index contributed by atoms with van der Waals surface area (Å²) in [7, 11) is 0. The molecule has 0 aromatic rings. The zero-order chi connectivity index (χ0) is 10.7. The van der Waals surface area contributed by atoms with Crippen molar-refractivity contribution in [3.8, 4) is 0 Å². The molecule has 1 amide bonds. The molecule has 2 aliphatic rings. The SMILES string of the molecule is CCC1NCC(=O)N1CCC1CCCO1. The molecule has 0 aliphatic carbocycles. The number of amides is 1. The first-order chi connectivity index (χ1) is 7.31. The van der Waals surface area contributed by atoms with E-state index in [1.165, 1.54) is 6.42 Å². The molecule has 2 aliphatic heterocycles. The maximum atomic E-state index is 11.6. The van der Waals surface area contributed by atoms with Crippen LogP contribution in [0.5, 0.6) is 0 Å². The van der Waals surface area contributed by atoms with Crippen molar-refractivity contribution in [1.82, 2.24) is 10.2 Å². The largest absolute Gasteiger partial charge is 0.378 e. The Kier molecular flexibility index (Phi) is 3.59. The van der Waals surface area contributed by atoms with Crippen LogP contribution in [0.4, 0.5) is 0 Å². The van der Waals surface area contributed by atoms with Crippen molar-refractivity contribution in [3.05, 3.63) is 0 Å². The second-order valence-electron chi connectivity index (χ2n) is 4.32. The highest BCUT2D eigenvalue weighted by Gasteiger charge is 2.29. The van der Waals surface area contributed by atoms with E-state index in [2.05, 4.69) is 12.2 Å². The van der Waals surface area contributed by atoms with Crippen LogP contribution < -0.4 is 5.32 Å². The topological polar surface area (TPSA) is 41.6 Å². The van der Waals surface area contributed by atoms with Crippen LogP contribution in [0.15, 0.2) is 0 Å². The number of nitrogens with one attached hydrogen (secondary N) is 1. The minimum Gasteiger partial charge on any atom is -0.378 e. The predicted molar refractivity (Wildman–Crippen MR) is 57.4 cm³/mol. The minimum atomic E-state index is 0.236. The monoisotopic (exact) mass is 212 g/mol. The van der Waals surface area contributed by atoms with Gasteiger partial charge in [0.25, 0.3) is 0 Å². The lowest BCUT2D eigenvalue weighted by Gasteiger charge is -2.24. The normalized spacial score (nSPS) is 31.5. The van der Waals surface area contributed by atoms with Crippen molar-refractivity contribution < 1.29 is 9.53 Å². The molecule has 0 saturated carbocycles. The van der Waals surface area contributed by atoms with Gasteiger partial charge in [-0.05, 0) is 25.7 Å². The van der Waals surface area contributed by atoms with E-state index in [0.29, 0.717) is 12.6 Å². The van der Waals surface area contributed by atoms with E-state index in [4.69, 9.17) is 4.74 Å². The molecule has 2 atom stereocenters. The number of carbonyl (C=O) groups is 1. The Morgan fingerprint density at radius 1 is 1.60 bits per heavy atom. The van der Waals surface area contributed by atoms with Crippen LogP contribution in [0.1, 0.15) is 32.6 Å². The lowest BCUT2D eigenvalue weighted by Crippen LogP contribution is -2.38. The molecular formula is C11H20N2O2. The molecule has 4 nitrogen and oxygen atoms in total. The fraction of sp³-hybridized carbons (Fsp3) is 0.909. The summed E-state index contributed by atoms with van der Waals surface area (Å²) in [5.74, 6) is 0.236. The molecule has 4 heteroatoms. The Labute approximate surface area is 91.0 Å². The fourth-order valence-electron chi connectivity index (χ4n) is 2.39. The van der Waals surface area contributed by atoms with Crippen molar-refractivity contribution in [2.24, 2.45) is 0 Å². The van der Waals surface area contributed by atoms with E-state index in [-0.39, 0.29) is 12.1 Å². The van der Waals surface area contributed by atoms with Crippen LogP contribution >= 0.6 is 0 Å². The van der Waals surface area contributed by atoms with E-state index >= 15 is 0 Å². The van der Waals surface area contributed by atoms with Gasteiger partial charge >= 0.3 is 0 Å².